The summed E-state index contributed by atoms with van der Waals surface area (Å²) in [5.74, 6) is -0.913. The monoisotopic (exact) mass is 372 g/mol. The fourth-order valence-corrected chi connectivity index (χ4v) is 2.79. The van der Waals surface area contributed by atoms with Crippen LogP contribution < -0.4 is 10.2 Å². The first-order valence-electron chi connectivity index (χ1n) is 7.95. The first-order valence-corrected chi connectivity index (χ1v) is 8.32. The molecule has 7 heteroatoms. The Labute approximate surface area is 155 Å². The fraction of sp³-hybridized carbons (Fsp3) is 0.211. The third kappa shape index (κ3) is 3.41. The van der Waals surface area contributed by atoms with Gasteiger partial charge in [-0.25, -0.2) is 9.69 Å². The van der Waals surface area contributed by atoms with Crippen LogP contribution in [0.25, 0.3) is 0 Å². The average molecular weight is 373 g/mol. The van der Waals surface area contributed by atoms with Gasteiger partial charge < -0.3 is 4.74 Å². The van der Waals surface area contributed by atoms with Crippen LogP contribution in [0.4, 0.5) is 16.2 Å². The van der Waals surface area contributed by atoms with Gasteiger partial charge >= 0.3 is 6.09 Å². The Bertz CT molecular complexity index is 883. The molecule has 2 aromatic rings. The molecule has 6 nitrogen and oxygen atoms in total. The first kappa shape index (κ1) is 17.9. The first-order chi connectivity index (χ1) is 12.2. The third-order valence-corrected chi connectivity index (χ3v) is 3.95. The molecule has 26 heavy (non-hydrogen) atoms. The second-order valence-corrected chi connectivity index (χ2v) is 7.19. The van der Waals surface area contributed by atoms with Crippen molar-refractivity contribution < 1.29 is 19.1 Å². The molecule has 0 atom stereocenters. The van der Waals surface area contributed by atoms with Gasteiger partial charge in [-0.05, 0) is 51.1 Å². The standard InChI is InChI=1S/C19H17ClN2O4/c1-19(2,3)26-18(25)21-11-8-9-14(20)15(10-11)22-16(23)12-6-4-5-7-13(12)17(22)24/h4-10H,1-3H3,(H,21,25). The van der Waals surface area contributed by atoms with Gasteiger partial charge in [0.15, 0.2) is 0 Å². The van der Waals surface area contributed by atoms with Gasteiger partial charge in [-0.15, -0.1) is 0 Å². The lowest BCUT2D eigenvalue weighted by atomic mass is 10.1. The summed E-state index contributed by atoms with van der Waals surface area (Å²) < 4.78 is 5.20. The number of imide groups is 1. The van der Waals surface area contributed by atoms with Gasteiger partial charge in [-0.2, -0.15) is 0 Å². The molecule has 1 heterocycles. The van der Waals surface area contributed by atoms with Gasteiger partial charge in [0, 0.05) is 5.69 Å². The highest BCUT2D eigenvalue weighted by atomic mass is 35.5. The van der Waals surface area contributed by atoms with E-state index in [9.17, 15) is 14.4 Å². The molecule has 2 aromatic carbocycles. The van der Waals surface area contributed by atoms with Crippen molar-refractivity contribution in [1.82, 2.24) is 0 Å². The number of amides is 3. The molecule has 1 N–H and O–H groups in total. The Hall–Kier alpha value is -2.86. The van der Waals surface area contributed by atoms with Crippen LogP contribution in [0.15, 0.2) is 42.5 Å². The van der Waals surface area contributed by atoms with E-state index in [1.165, 1.54) is 12.1 Å². The minimum Gasteiger partial charge on any atom is -0.444 e. The molecule has 3 amide bonds. The van der Waals surface area contributed by atoms with Gasteiger partial charge in [0.2, 0.25) is 0 Å². The molecule has 0 bridgehead atoms. The predicted molar refractivity (Wildman–Crippen MR) is 98.9 cm³/mol. The van der Waals surface area contributed by atoms with E-state index in [2.05, 4.69) is 5.32 Å². The minimum atomic E-state index is -0.651. The summed E-state index contributed by atoms with van der Waals surface area (Å²) in [6, 6.07) is 11.1. The van der Waals surface area contributed by atoms with E-state index < -0.39 is 23.5 Å². The van der Waals surface area contributed by atoms with Gasteiger partial charge in [0.1, 0.15) is 5.60 Å². The number of carbonyl (C=O) groups is 3. The number of rotatable bonds is 2. The highest BCUT2D eigenvalue weighted by molar-refractivity contribution is 6.40. The van der Waals surface area contributed by atoms with E-state index in [-0.39, 0.29) is 10.7 Å². The van der Waals surface area contributed by atoms with E-state index in [1.807, 2.05) is 0 Å². The zero-order valence-electron chi connectivity index (χ0n) is 14.5. The Morgan fingerprint density at radius 1 is 1.04 bits per heavy atom. The Balaban J connectivity index is 1.91. The molecule has 134 valence electrons. The third-order valence-electron chi connectivity index (χ3n) is 3.63. The summed E-state index contributed by atoms with van der Waals surface area (Å²) in [4.78, 5) is 38.2. The van der Waals surface area contributed by atoms with Crippen LogP contribution in [0.3, 0.4) is 0 Å². The van der Waals surface area contributed by atoms with Crippen LogP contribution in [-0.4, -0.2) is 23.5 Å². The van der Waals surface area contributed by atoms with Crippen molar-refractivity contribution >= 4 is 40.9 Å². The Morgan fingerprint density at radius 2 is 1.62 bits per heavy atom. The van der Waals surface area contributed by atoms with E-state index in [0.29, 0.717) is 16.8 Å². The van der Waals surface area contributed by atoms with E-state index in [4.69, 9.17) is 16.3 Å². The zero-order valence-corrected chi connectivity index (χ0v) is 15.3. The lowest BCUT2D eigenvalue weighted by Gasteiger charge is -2.20. The molecular weight excluding hydrogens is 356 g/mol. The van der Waals surface area contributed by atoms with Crippen LogP contribution in [0.1, 0.15) is 41.5 Å². The number of nitrogens with one attached hydrogen (secondary N) is 1. The number of nitrogens with zero attached hydrogens (tertiary/aromatic N) is 1. The smallest absolute Gasteiger partial charge is 0.412 e. The van der Waals surface area contributed by atoms with Crippen molar-refractivity contribution in [3.05, 3.63) is 58.6 Å². The fourth-order valence-electron chi connectivity index (χ4n) is 2.59. The maximum Gasteiger partial charge on any atom is 0.412 e. The largest absolute Gasteiger partial charge is 0.444 e. The van der Waals surface area contributed by atoms with Crippen LogP contribution >= 0.6 is 11.6 Å². The lowest BCUT2D eigenvalue weighted by molar-refractivity contribution is 0.0635. The molecule has 0 aliphatic carbocycles. The van der Waals surface area contributed by atoms with Crippen molar-refractivity contribution in [3.63, 3.8) is 0 Å². The maximum absolute atomic E-state index is 12.6. The summed E-state index contributed by atoms with van der Waals surface area (Å²) in [6.45, 7) is 5.25. The highest BCUT2D eigenvalue weighted by Crippen LogP contribution is 2.35. The number of halogens is 1. The van der Waals surface area contributed by atoms with Gasteiger partial charge in [-0.3, -0.25) is 14.9 Å². The lowest BCUT2D eigenvalue weighted by Crippen LogP contribution is -2.30. The normalized spacial score (nSPS) is 13.6. The molecule has 0 spiro atoms. The van der Waals surface area contributed by atoms with Crippen LogP contribution in [0.2, 0.25) is 5.02 Å². The SMILES string of the molecule is CC(C)(C)OC(=O)Nc1ccc(Cl)c(N2C(=O)c3ccccc3C2=O)c1. The molecule has 1 aliphatic rings. The van der Waals surface area contributed by atoms with E-state index in [0.717, 1.165) is 4.90 Å². The van der Waals surface area contributed by atoms with Crippen molar-refractivity contribution in [2.75, 3.05) is 10.2 Å². The number of carbonyl (C=O) groups excluding carboxylic acids is 3. The number of ether oxygens (including phenoxy) is 1. The average Bonchev–Trinajstić information content (AvgIpc) is 2.80. The number of fused-ring (bicyclic) bond motifs is 1. The maximum atomic E-state index is 12.6. The number of anilines is 2. The molecular formula is C19H17ClN2O4. The van der Waals surface area contributed by atoms with E-state index >= 15 is 0 Å². The number of hydrogen-bond acceptors (Lipinski definition) is 4. The topological polar surface area (TPSA) is 75.7 Å². The predicted octanol–water partition coefficient (Wildman–Crippen LogP) is 4.49. The summed E-state index contributed by atoms with van der Waals surface area (Å²) in [7, 11) is 0. The second-order valence-electron chi connectivity index (χ2n) is 6.78. The Kier molecular flexibility index (Phi) is 4.46. The molecule has 0 radical (unpaired) electrons. The molecule has 0 saturated heterocycles. The minimum absolute atomic E-state index is 0.200. The van der Waals surface area contributed by atoms with Crippen molar-refractivity contribution in [1.29, 1.82) is 0 Å². The summed E-state index contributed by atoms with van der Waals surface area (Å²) in [5.41, 5.74) is 0.543. The van der Waals surface area contributed by atoms with Crippen molar-refractivity contribution in [2.24, 2.45) is 0 Å². The van der Waals surface area contributed by atoms with Crippen molar-refractivity contribution in [3.8, 4) is 0 Å². The molecule has 3 rings (SSSR count). The van der Waals surface area contributed by atoms with Crippen LogP contribution in [0.5, 0.6) is 0 Å². The molecule has 0 unspecified atom stereocenters. The van der Waals surface area contributed by atoms with Crippen LogP contribution in [0, 0.1) is 0 Å². The number of hydrogen-bond donors (Lipinski definition) is 1. The molecule has 0 saturated carbocycles. The summed E-state index contributed by atoms with van der Waals surface area (Å²) >= 11 is 6.20. The second kappa shape index (κ2) is 6.46. The molecule has 0 aromatic heterocycles. The van der Waals surface area contributed by atoms with Crippen molar-refractivity contribution in [2.45, 2.75) is 26.4 Å². The quantitative estimate of drug-likeness (QED) is 0.788. The highest BCUT2D eigenvalue weighted by Gasteiger charge is 2.37. The Morgan fingerprint density at radius 3 is 2.15 bits per heavy atom. The summed E-state index contributed by atoms with van der Waals surface area (Å²) in [6.07, 6.45) is -0.645. The van der Waals surface area contributed by atoms with Crippen LogP contribution in [-0.2, 0) is 4.74 Å². The van der Waals surface area contributed by atoms with Gasteiger partial charge in [-0.1, -0.05) is 23.7 Å². The summed E-state index contributed by atoms with van der Waals surface area (Å²) in [5, 5.41) is 2.79. The number of benzene rings is 2. The molecule has 0 fully saturated rings. The van der Waals surface area contributed by atoms with Gasteiger partial charge in [0.25, 0.3) is 11.8 Å². The van der Waals surface area contributed by atoms with E-state index in [1.54, 1.807) is 51.1 Å². The zero-order chi connectivity index (χ0) is 19.1. The van der Waals surface area contributed by atoms with Gasteiger partial charge in [0.05, 0.1) is 21.8 Å². The molecule has 1 aliphatic heterocycles.